The summed E-state index contributed by atoms with van der Waals surface area (Å²) >= 11 is 0. The summed E-state index contributed by atoms with van der Waals surface area (Å²) in [6, 6.07) is 10.1. The van der Waals surface area contributed by atoms with Crippen molar-refractivity contribution in [1.29, 1.82) is 0 Å². The molecular formula is C21H26N2O7S. The van der Waals surface area contributed by atoms with E-state index in [1.165, 1.54) is 12.0 Å². The van der Waals surface area contributed by atoms with E-state index in [0.717, 1.165) is 16.1 Å². The summed E-state index contributed by atoms with van der Waals surface area (Å²) in [6.45, 7) is 0.740. The molecule has 31 heavy (non-hydrogen) atoms. The zero-order chi connectivity index (χ0) is 22.6. The highest BCUT2D eigenvalue weighted by Gasteiger charge is 2.25. The first-order chi connectivity index (χ1) is 14.7. The van der Waals surface area contributed by atoms with Gasteiger partial charge in [-0.25, -0.2) is 8.42 Å². The lowest BCUT2D eigenvalue weighted by Crippen LogP contribution is -2.41. The molecule has 1 aliphatic heterocycles. The van der Waals surface area contributed by atoms with Gasteiger partial charge in [-0.1, -0.05) is 6.07 Å². The highest BCUT2D eigenvalue weighted by molar-refractivity contribution is 7.92. The number of sulfonamides is 1. The molecule has 1 amide bonds. The minimum atomic E-state index is -3.71. The molecule has 3 rings (SSSR count). The van der Waals surface area contributed by atoms with Crippen molar-refractivity contribution >= 4 is 21.6 Å². The van der Waals surface area contributed by atoms with Crippen molar-refractivity contribution in [3.63, 3.8) is 0 Å². The zero-order valence-electron chi connectivity index (χ0n) is 18.0. The maximum absolute atomic E-state index is 12.9. The number of rotatable bonds is 8. The predicted octanol–water partition coefficient (Wildman–Crippen LogP) is 1.90. The van der Waals surface area contributed by atoms with Crippen LogP contribution in [0.2, 0.25) is 0 Å². The first kappa shape index (κ1) is 22.5. The first-order valence-corrected chi connectivity index (χ1v) is 11.4. The quantitative estimate of drug-likeness (QED) is 0.606. The van der Waals surface area contributed by atoms with Crippen LogP contribution in [0.4, 0.5) is 5.69 Å². The van der Waals surface area contributed by atoms with E-state index in [-0.39, 0.29) is 19.0 Å². The molecule has 0 spiro atoms. The highest BCUT2D eigenvalue weighted by Crippen LogP contribution is 2.34. The van der Waals surface area contributed by atoms with Crippen LogP contribution in [0.15, 0.2) is 36.4 Å². The van der Waals surface area contributed by atoms with Gasteiger partial charge in [0.05, 0.1) is 26.2 Å². The summed E-state index contributed by atoms with van der Waals surface area (Å²) < 4.78 is 47.4. The Kier molecular flexibility index (Phi) is 6.79. The summed E-state index contributed by atoms with van der Waals surface area (Å²) in [6.07, 6.45) is 1.06. The molecule has 0 aromatic heterocycles. The fraction of sp³-hybridized carbons (Fsp3) is 0.381. The van der Waals surface area contributed by atoms with Gasteiger partial charge in [0.2, 0.25) is 15.9 Å². The second-order valence-corrected chi connectivity index (χ2v) is 8.94. The molecule has 0 unspecified atom stereocenters. The van der Waals surface area contributed by atoms with E-state index < -0.39 is 10.0 Å². The normalized spacial score (nSPS) is 12.8. The summed E-state index contributed by atoms with van der Waals surface area (Å²) in [5, 5.41) is 0. The molecule has 0 N–H and O–H groups in total. The fourth-order valence-corrected chi connectivity index (χ4v) is 4.01. The van der Waals surface area contributed by atoms with Gasteiger partial charge in [-0.05, 0) is 29.8 Å². The Balaban J connectivity index is 1.77. The van der Waals surface area contributed by atoms with E-state index in [1.807, 2.05) is 6.07 Å². The van der Waals surface area contributed by atoms with Crippen molar-refractivity contribution in [3.05, 3.63) is 42.0 Å². The average molecular weight is 451 g/mol. The molecule has 0 fully saturated rings. The smallest absolute Gasteiger partial charge is 0.243 e. The number of amides is 1. The number of likely N-dealkylation sites (N-methyl/N-ethyl adjacent to an activating group) is 1. The minimum absolute atomic E-state index is 0.276. The number of nitrogens with zero attached hydrogens (tertiary/aromatic N) is 2. The minimum Gasteiger partial charge on any atom is -0.493 e. The van der Waals surface area contributed by atoms with E-state index in [9.17, 15) is 13.2 Å². The number of fused-ring (bicyclic) bond motifs is 1. The van der Waals surface area contributed by atoms with Crippen molar-refractivity contribution in [1.82, 2.24) is 4.90 Å². The number of hydrogen-bond donors (Lipinski definition) is 0. The van der Waals surface area contributed by atoms with E-state index in [0.29, 0.717) is 41.9 Å². The van der Waals surface area contributed by atoms with Gasteiger partial charge in [0.25, 0.3) is 0 Å². The molecule has 10 heteroatoms. The van der Waals surface area contributed by atoms with Crippen molar-refractivity contribution in [2.24, 2.45) is 0 Å². The molecule has 1 heterocycles. The topological polar surface area (TPSA) is 94.6 Å². The number of benzene rings is 2. The van der Waals surface area contributed by atoms with Crippen molar-refractivity contribution in [3.8, 4) is 23.0 Å². The lowest BCUT2D eigenvalue weighted by molar-refractivity contribution is -0.128. The first-order valence-electron chi connectivity index (χ1n) is 9.55. The Bertz CT molecular complexity index is 1060. The average Bonchev–Trinajstić information content (AvgIpc) is 2.75. The van der Waals surface area contributed by atoms with Crippen LogP contribution in [-0.4, -0.2) is 66.5 Å². The number of hydrogen-bond acceptors (Lipinski definition) is 7. The van der Waals surface area contributed by atoms with Crippen LogP contribution in [0, 0.1) is 0 Å². The number of anilines is 1. The Morgan fingerprint density at radius 2 is 1.68 bits per heavy atom. The highest BCUT2D eigenvalue weighted by atomic mass is 32.2. The standard InChI is InChI=1S/C21H26N2O7S/c1-22(13-15-5-7-17(27-2)19(11-15)28-3)21(24)14-23(31(4,25)26)16-6-8-18-20(12-16)30-10-9-29-18/h5-8,11-12H,9-10,13-14H2,1-4H3. The van der Waals surface area contributed by atoms with Crippen LogP contribution < -0.4 is 23.3 Å². The number of carbonyl (C=O) groups is 1. The largest absolute Gasteiger partial charge is 0.493 e. The van der Waals surface area contributed by atoms with Crippen LogP contribution >= 0.6 is 0 Å². The van der Waals surface area contributed by atoms with Gasteiger partial charge >= 0.3 is 0 Å². The summed E-state index contributed by atoms with van der Waals surface area (Å²) in [7, 11) is 0.984. The number of carbonyl (C=O) groups excluding carboxylic acids is 1. The second-order valence-electron chi connectivity index (χ2n) is 7.04. The lowest BCUT2D eigenvalue weighted by atomic mass is 10.2. The monoisotopic (exact) mass is 450 g/mol. The van der Waals surface area contributed by atoms with Gasteiger partial charge in [0, 0.05) is 19.7 Å². The molecule has 9 nitrogen and oxygen atoms in total. The molecule has 168 valence electrons. The van der Waals surface area contributed by atoms with Crippen LogP contribution in [-0.2, 0) is 21.4 Å². The number of ether oxygens (including phenoxy) is 4. The van der Waals surface area contributed by atoms with Gasteiger partial charge in [-0.3, -0.25) is 9.10 Å². The van der Waals surface area contributed by atoms with Gasteiger partial charge in [-0.2, -0.15) is 0 Å². The van der Waals surface area contributed by atoms with E-state index in [1.54, 1.807) is 44.5 Å². The summed E-state index contributed by atoms with van der Waals surface area (Å²) in [5.74, 6) is 1.76. The van der Waals surface area contributed by atoms with Crippen LogP contribution in [0.1, 0.15) is 5.56 Å². The maximum atomic E-state index is 12.9. The van der Waals surface area contributed by atoms with Gasteiger partial charge in [0.15, 0.2) is 23.0 Å². The third kappa shape index (κ3) is 5.32. The Morgan fingerprint density at radius 1 is 1.00 bits per heavy atom. The van der Waals surface area contributed by atoms with Gasteiger partial charge in [-0.15, -0.1) is 0 Å². The maximum Gasteiger partial charge on any atom is 0.243 e. The molecule has 2 aromatic carbocycles. The van der Waals surface area contributed by atoms with Crippen LogP contribution in [0.25, 0.3) is 0 Å². The summed E-state index contributed by atoms with van der Waals surface area (Å²) in [4.78, 5) is 14.3. The van der Waals surface area contributed by atoms with Gasteiger partial charge in [0.1, 0.15) is 19.8 Å². The molecule has 0 bridgehead atoms. The molecule has 0 atom stereocenters. The molecule has 0 saturated carbocycles. The third-order valence-electron chi connectivity index (χ3n) is 4.79. The zero-order valence-corrected chi connectivity index (χ0v) is 18.8. The van der Waals surface area contributed by atoms with Crippen LogP contribution in [0.5, 0.6) is 23.0 Å². The van der Waals surface area contributed by atoms with Crippen LogP contribution in [0.3, 0.4) is 0 Å². The second kappa shape index (κ2) is 9.34. The van der Waals surface area contributed by atoms with E-state index in [2.05, 4.69) is 0 Å². The Hall–Kier alpha value is -3.14. The summed E-state index contributed by atoms with van der Waals surface area (Å²) in [5.41, 5.74) is 1.15. The van der Waals surface area contributed by atoms with E-state index in [4.69, 9.17) is 18.9 Å². The molecule has 0 saturated heterocycles. The molecule has 0 radical (unpaired) electrons. The van der Waals surface area contributed by atoms with Crippen molar-refractivity contribution < 1.29 is 32.2 Å². The molecule has 0 aliphatic carbocycles. The van der Waals surface area contributed by atoms with Crippen molar-refractivity contribution in [2.45, 2.75) is 6.54 Å². The number of methoxy groups -OCH3 is 2. The Labute approximate surface area is 182 Å². The fourth-order valence-electron chi connectivity index (χ4n) is 3.17. The predicted molar refractivity (Wildman–Crippen MR) is 116 cm³/mol. The third-order valence-corrected chi connectivity index (χ3v) is 5.93. The van der Waals surface area contributed by atoms with Crippen molar-refractivity contribution in [2.75, 3.05) is 51.6 Å². The SMILES string of the molecule is COc1ccc(CN(C)C(=O)CN(c2ccc3c(c2)OCCO3)S(C)(=O)=O)cc1OC. The van der Waals surface area contributed by atoms with Gasteiger partial charge < -0.3 is 23.8 Å². The lowest BCUT2D eigenvalue weighted by Gasteiger charge is -2.27. The Morgan fingerprint density at radius 3 is 2.32 bits per heavy atom. The van der Waals surface area contributed by atoms with E-state index >= 15 is 0 Å². The molecular weight excluding hydrogens is 424 g/mol. The molecule has 2 aromatic rings. The molecule has 1 aliphatic rings.